The fourth-order valence-corrected chi connectivity index (χ4v) is 3.87. The zero-order chi connectivity index (χ0) is 21.7. The first-order chi connectivity index (χ1) is 15.1. The van der Waals surface area contributed by atoms with Crippen LogP contribution in [-0.4, -0.2) is 24.5 Å². The van der Waals surface area contributed by atoms with Crippen molar-refractivity contribution in [1.82, 2.24) is 10.6 Å². The maximum atomic E-state index is 12.8. The molecule has 0 unspecified atom stereocenters. The van der Waals surface area contributed by atoms with Crippen molar-refractivity contribution in [1.29, 1.82) is 0 Å². The quantitative estimate of drug-likeness (QED) is 0.628. The number of esters is 1. The highest BCUT2D eigenvalue weighted by Gasteiger charge is 2.43. The van der Waals surface area contributed by atoms with Gasteiger partial charge >= 0.3 is 5.97 Å². The maximum Gasteiger partial charge on any atom is 0.327 e. The Bertz CT molecular complexity index is 1040. The molecule has 1 saturated heterocycles. The number of hydrogen-bond acceptors (Lipinski definition) is 4. The van der Waals surface area contributed by atoms with Crippen LogP contribution < -0.4 is 10.6 Å². The summed E-state index contributed by atoms with van der Waals surface area (Å²) in [5.41, 5.74) is 2.64. The molecule has 3 aromatic carbocycles. The molecule has 5 heteroatoms. The average molecular weight is 412 g/mol. The minimum absolute atomic E-state index is 0.172. The molecule has 5 nitrogen and oxygen atoms in total. The van der Waals surface area contributed by atoms with Gasteiger partial charge in [-0.3, -0.25) is 14.9 Å². The third-order valence-corrected chi connectivity index (χ3v) is 5.35. The number of amides is 1. The van der Waals surface area contributed by atoms with Crippen LogP contribution in [-0.2, 0) is 19.9 Å². The number of nitrogens with one attached hydrogen (secondary N) is 2. The van der Waals surface area contributed by atoms with E-state index >= 15 is 0 Å². The van der Waals surface area contributed by atoms with Gasteiger partial charge in [-0.25, -0.2) is 0 Å². The van der Waals surface area contributed by atoms with Crippen LogP contribution in [0.15, 0.2) is 97.1 Å². The van der Waals surface area contributed by atoms with E-state index in [9.17, 15) is 9.59 Å². The fourth-order valence-electron chi connectivity index (χ4n) is 3.87. The summed E-state index contributed by atoms with van der Waals surface area (Å²) in [7, 11) is 0. The normalized spacial score (nSPS) is 18.2. The summed E-state index contributed by atoms with van der Waals surface area (Å²) in [6.07, 6.45) is 1.72. The monoisotopic (exact) mass is 412 g/mol. The molecular formula is C26H24N2O3. The minimum Gasteiger partial charge on any atom is -0.462 e. The average Bonchev–Trinajstić information content (AvgIpc) is 2.81. The largest absolute Gasteiger partial charge is 0.462 e. The molecule has 1 aliphatic heterocycles. The molecule has 0 bridgehead atoms. The Balaban J connectivity index is 1.78. The van der Waals surface area contributed by atoms with Crippen molar-refractivity contribution in [3.63, 3.8) is 0 Å². The molecule has 1 fully saturated rings. The Morgan fingerprint density at radius 2 is 1.45 bits per heavy atom. The highest BCUT2D eigenvalue weighted by molar-refractivity contribution is 5.88. The lowest BCUT2D eigenvalue weighted by Gasteiger charge is -2.41. The number of hydrogen-bond donors (Lipinski definition) is 2. The molecule has 1 amide bonds. The van der Waals surface area contributed by atoms with Crippen LogP contribution >= 0.6 is 0 Å². The smallest absolute Gasteiger partial charge is 0.327 e. The van der Waals surface area contributed by atoms with Crippen LogP contribution in [0.4, 0.5) is 0 Å². The van der Waals surface area contributed by atoms with Crippen molar-refractivity contribution in [2.45, 2.75) is 18.5 Å². The van der Waals surface area contributed by atoms with Crippen LogP contribution in [0.2, 0.25) is 0 Å². The fraction of sp³-hybridized carbons (Fsp3) is 0.154. The zero-order valence-corrected chi connectivity index (χ0v) is 17.2. The molecule has 0 spiro atoms. The predicted molar refractivity (Wildman–Crippen MR) is 120 cm³/mol. The van der Waals surface area contributed by atoms with Gasteiger partial charge in [-0.2, -0.15) is 0 Å². The minimum atomic E-state index is -0.754. The van der Waals surface area contributed by atoms with Gasteiger partial charge in [0, 0.05) is 12.6 Å². The predicted octanol–water partition coefficient (Wildman–Crippen LogP) is 3.62. The van der Waals surface area contributed by atoms with E-state index in [0.29, 0.717) is 5.70 Å². The van der Waals surface area contributed by atoms with E-state index in [-0.39, 0.29) is 18.5 Å². The lowest BCUT2D eigenvalue weighted by molar-refractivity contribution is -0.152. The summed E-state index contributed by atoms with van der Waals surface area (Å²) in [5.74, 6) is -0.599. The maximum absolute atomic E-state index is 12.8. The lowest BCUT2D eigenvalue weighted by Crippen LogP contribution is -2.59. The second-order valence-electron chi connectivity index (χ2n) is 7.49. The van der Waals surface area contributed by atoms with E-state index in [2.05, 4.69) is 10.6 Å². The van der Waals surface area contributed by atoms with Crippen molar-refractivity contribution in [2.75, 3.05) is 6.61 Å². The Kier molecular flexibility index (Phi) is 5.96. The molecule has 156 valence electrons. The molecule has 0 saturated carbocycles. The number of benzene rings is 3. The Hall–Kier alpha value is -3.70. The van der Waals surface area contributed by atoms with Gasteiger partial charge in [-0.05, 0) is 22.8 Å². The summed E-state index contributed by atoms with van der Waals surface area (Å²) in [4.78, 5) is 24.6. The Morgan fingerprint density at radius 1 is 0.935 bits per heavy atom. The summed E-state index contributed by atoms with van der Waals surface area (Å²) >= 11 is 0. The molecule has 3 aromatic rings. The van der Waals surface area contributed by atoms with Crippen LogP contribution in [0.25, 0.3) is 5.70 Å². The number of ether oxygens (including phenoxy) is 1. The molecule has 0 radical (unpaired) electrons. The van der Waals surface area contributed by atoms with Crippen LogP contribution in [0, 0.1) is 0 Å². The van der Waals surface area contributed by atoms with Gasteiger partial charge in [0.1, 0.15) is 18.2 Å². The number of carbonyl (C=O) groups is 2. The summed E-state index contributed by atoms with van der Waals surface area (Å²) in [6.45, 7) is 1.62. The Labute approximate surface area is 181 Å². The number of rotatable bonds is 5. The molecule has 0 aliphatic carbocycles. The molecular weight excluding hydrogens is 388 g/mol. The first-order valence-electron chi connectivity index (χ1n) is 10.2. The van der Waals surface area contributed by atoms with Crippen LogP contribution in [0.1, 0.15) is 23.6 Å². The standard InChI is InChI=1S/C26H24N2O3/c1-19(29)27-23(20-11-5-2-6-12-20)17-24-25(30)31-18-26(28-24,21-13-7-3-8-14-21)22-15-9-4-10-16-22/h2-17,24,28H,18H2,1H3,(H,27,29)/b23-17-/t24-/m1/s1. The summed E-state index contributed by atoms with van der Waals surface area (Å²) < 4.78 is 5.70. The van der Waals surface area contributed by atoms with Crippen molar-refractivity contribution < 1.29 is 14.3 Å². The molecule has 1 atom stereocenters. The van der Waals surface area contributed by atoms with E-state index in [1.165, 1.54) is 6.92 Å². The van der Waals surface area contributed by atoms with Crippen LogP contribution in [0.3, 0.4) is 0 Å². The number of morpholine rings is 1. The van der Waals surface area contributed by atoms with Crippen molar-refractivity contribution in [3.05, 3.63) is 114 Å². The van der Waals surface area contributed by atoms with Crippen molar-refractivity contribution in [3.8, 4) is 0 Å². The van der Waals surface area contributed by atoms with E-state index < -0.39 is 11.6 Å². The van der Waals surface area contributed by atoms with Gasteiger partial charge in [-0.1, -0.05) is 91.0 Å². The van der Waals surface area contributed by atoms with Crippen LogP contribution in [0.5, 0.6) is 0 Å². The van der Waals surface area contributed by atoms with Gasteiger partial charge in [-0.15, -0.1) is 0 Å². The SMILES string of the molecule is CC(=O)N/C(=C\[C@H]1NC(c2ccccc2)(c2ccccc2)COC1=O)c1ccccc1. The van der Waals surface area contributed by atoms with Gasteiger partial charge in [0.2, 0.25) is 5.91 Å². The molecule has 2 N–H and O–H groups in total. The first-order valence-corrected chi connectivity index (χ1v) is 10.2. The van der Waals surface area contributed by atoms with E-state index in [0.717, 1.165) is 16.7 Å². The number of cyclic esters (lactones) is 1. The Morgan fingerprint density at radius 3 is 1.97 bits per heavy atom. The topological polar surface area (TPSA) is 67.4 Å². The second kappa shape index (κ2) is 8.98. The van der Waals surface area contributed by atoms with Crippen molar-refractivity contribution in [2.24, 2.45) is 0 Å². The highest BCUT2D eigenvalue weighted by atomic mass is 16.5. The highest BCUT2D eigenvalue weighted by Crippen LogP contribution is 2.33. The van der Waals surface area contributed by atoms with E-state index in [1.807, 2.05) is 91.0 Å². The van der Waals surface area contributed by atoms with E-state index in [4.69, 9.17) is 4.74 Å². The third-order valence-electron chi connectivity index (χ3n) is 5.35. The molecule has 31 heavy (non-hydrogen) atoms. The lowest BCUT2D eigenvalue weighted by atomic mass is 9.81. The molecule has 1 heterocycles. The van der Waals surface area contributed by atoms with Gasteiger partial charge in [0.15, 0.2) is 0 Å². The van der Waals surface area contributed by atoms with E-state index in [1.54, 1.807) is 6.08 Å². The number of carbonyl (C=O) groups excluding carboxylic acids is 2. The molecule has 1 aliphatic rings. The summed E-state index contributed by atoms with van der Waals surface area (Å²) in [6, 6.07) is 28.6. The zero-order valence-electron chi connectivity index (χ0n) is 17.2. The third kappa shape index (κ3) is 4.42. The van der Waals surface area contributed by atoms with Gasteiger partial charge in [0.05, 0.1) is 0 Å². The second-order valence-corrected chi connectivity index (χ2v) is 7.49. The summed E-state index contributed by atoms with van der Waals surface area (Å²) in [5, 5.41) is 6.37. The van der Waals surface area contributed by atoms with Gasteiger partial charge < -0.3 is 10.1 Å². The first kappa shape index (κ1) is 20.6. The van der Waals surface area contributed by atoms with Gasteiger partial charge in [0.25, 0.3) is 0 Å². The molecule has 0 aromatic heterocycles. The van der Waals surface area contributed by atoms with Crippen molar-refractivity contribution >= 4 is 17.6 Å². The molecule has 4 rings (SSSR count).